The van der Waals surface area contributed by atoms with Crippen LogP contribution < -0.4 is 5.73 Å². The molecule has 0 amide bonds. The van der Waals surface area contributed by atoms with Crippen molar-refractivity contribution in [1.82, 2.24) is 10.1 Å². The molecule has 0 radical (unpaired) electrons. The van der Waals surface area contributed by atoms with E-state index in [1.807, 2.05) is 0 Å². The number of nitrogens with zero attached hydrogens (tertiary/aromatic N) is 2. The zero-order chi connectivity index (χ0) is 11.2. The van der Waals surface area contributed by atoms with Gasteiger partial charge < -0.3 is 15.0 Å². The first-order valence-electron chi connectivity index (χ1n) is 5.90. The molecule has 88 valence electrons. The summed E-state index contributed by atoms with van der Waals surface area (Å²) in [5.41, 5.74) is 5.72. The minimum atomic E-state index is -0.301. The number of methoxy groups -OCH3 is 1. The summed E-state index contributed by atoms with van der Waals surface area (Å²) in [7, 11) is 1.70. The van der Waals surface area contributed by atoms with Crippen molar-refractivity contribution in [3.05, 3.63) is 11.7 Å². The van der Waals surface area contributed by atoms with Crippen molar-refractivity contribution in [2.24, 2.45) is 11.7 Å². The first-order valence-corrected chi connectivity index (χ1v) is 5.90. The van der Waals surface area contributed by atoms with Crippen molar-refractivity contribution in [1.29, 1.82) is 0 Å². The molecule has 1 aromatic rings. The van der Waals surface area contributed by atoms with Crippen LogP contribution in [-0.2, 0) is 10.3 Å². The number of ether oxygens (including phenoxy) is 1. The second-order valence-electron chi connectivity index (χ2n) is 4.87. The minimum Gasteiger partial charge on any atom is -0.370 e. The normalized spacial score (nSPS) is 25.1. The van der Waals surface area contributed by atoms with Gasteiger partial charge in [-0.1, -0.05) is 5.16 Å². The lowest BCUT2D eigenvalue weighted by Crippen LogP contribution is -2.37. The second kappa shape index (κ2) is 3.53. The van der Waals surface area contributed by atoms with Gasteiger partial charge in [0.05, 0.1) is 6.04 Å². The molecule has 0 aliphatic heterocycles. The van der Waals surface area contributed by atoms with E-state index in [9.17, 15) is 0 Å². The fraction of sp³-hybridized carbons (Fsp3) is 0.818. The van der Waals surface area contributed by atoms with Crippen LogP contribution in [0.3, 0.4) is 0 Å². The predicted octanol–water partition coefficient (Wildman–Crippen LogP) is 1.51. The average molecular weight is 223 g/mol. The molecule has 1 atom stereocenters. The maximum Gasteiger partial charge on any atom is 0.243 e. The standard InChI is InChI=1S/C11H17N3O2/c1-15-11(5-2-6-11)10-13-9(16-14-10)8(12)7-3-4-7/h7-8H,2-6,12H2,1H3. The molecule has 2 aliphatic carbocycles. The first-order chi connectivity index (χ1) is 7.75. The van der Waals surface area contributed by atoms with E-state index in [0.717, 1.165) is 19.3 Å². The van der Waals surface area contributed by atoms with Crippen molar-refractivity contribution < 1.29 is 9.26 Å². The smallest absolute Gasteiger partial charge is 0.243 e. The highest BCUT2D eigenvalue weighted by molar-refractivity contribution is 5.08. The third kappa shape index (κ3) is 1.46. The largest absolute Gasteiger partial charge is 0.370 e. The molecule has 1 unspecified atom stereocenters. The molecule has 2 fully saturated rings. The van der Waals surface area contributed by atoms with E-state index in [0.29, 0.717) is 17.6 Å². The van der Waals surface area contributed by atoms with E-state index in [2.05, 4.69) is 10.1 Å². The van der Waals surface area contributed by atoms with Gasteiger partial charge in [0, 0.05) is 7.11 Å². The maximum atomic E-state index is 6.02. The molecule has 2 aliphatic rings. The van der Waals surface area contributed by atoms with Crippen LogP contribution in [0.25, 0.3) is 0 Å². The molecule has 3 rings (SSSR count). The van der Waals surface area contributed by atoms with Gasteiger partial charge in [0.2, 0.25) is 11.7 Å². The summed E-state index contributed by atoms with van der Waals surface area (Å²) in [4.78, 5) is 4.41. The lowest BCUT2D eigenvalue weighted by atomic mass is 9.79. The third-order valence-corrected chi connectivity index (χ3v) is 3.82. The van der Waals surface area contributed by atoms with Crippen LogP contribution in [-0.4, -0.2) is 17.3 Å². The molecule has 1 aromatic heterocycles. The Balaban J connectivity index is 1.81. The zero-order valence-corrected chi connectivity index (χ0v) is 9.48. The Labute approximate surface area is 94.3 Å². The maximum absolute atomic E-state index is 6.02. The molecule has 5 heteroatoms. The van der Waals surface area contributed by atoms with Crippen molar-refractivity contribution in [2.45, 2.75) is 43.7 Å². The summed E-state index contributed by atoms with van der Waals surface area (Å²) in [6, 6.07) is -0.0877. The molecular formula is C11H17N3O2. The Kier molecular flexibility index (Phi) is 2.26. The van der Waals surface area contributed by atoms with Crippen LogP contribution in [0, 0.1) is 5.92 Å². The highest BCUT2D eigenvalue weighted by atomic mass is 16.5. The Hall–Kier alpha value is -0.940. The van der Waals surface area contributed by atoms with Gasteiger partial charge in [0.15, 0.2) is 0 Å². The van der Waals surface area contributed by atoms with Gasteiger partial charge in [-0.2, -0.15) is 4.98 Å². The van der Waals surface area contributed by atoms with E-state index in [4.69, 9.17) is 15.0 Å². The molecule has 0 aromatic carbocycles. The quantitative estimate of drug-likeness (QED) is 0.837. The summed E-state index contributed by atoms with van der Waals surface area (Å²) in [6.07, 6.45) is 5.46. The van der Waals surface area contributed by atoms with E-state index < -0.39 is 0 Å². The second-order valence-corrected chi connectivity index (χ2v) is 4.87. The molecule has 16 heavy (non-hydrogen) atoms. The predicted molar refractivity (Wildman–Crippen MR) is 56.5 cm³/mol. The van der Waals surface area contributed by atoms with Gasteiger partial charge in [-0.3, -0.25) is 0 Å². The number of nitrogens with two attached hydrogens (primary N) is 1. The molecule has 0 spiro atoms. The van der Waals surface area contributed by atoms with Crippen molar-refractivity contribution in [3.8, 4) is 0 Å². The van der Waals surface area contributed by atoms with Crippen LogP contribution in [0.15, 0.2) is 4.52 Å². The Morgan fingerprint density at radius 3 is 2.75 bits per heavy atom. The molecule has 2 N–H and O–H groups in total. The van der Waals surface area contributed by atoms with Crippen molar-refractivity contribution >= 4 is 0 Å². The molecule has 5 nitrogen and oxygen atoms in total. The molecule has 0 saturated heterocycles. The fourth-order valence-electron chi connectivity index (χ4n) is 2.23. The van der Waals surface area contributed by atoms with Gasteiger partial charge in [-0.05, 0) is 38.0 Å². The molecule has 0 bridgehead atoms. The van der Waals surface area contributed by atoms with E-state index >= 15 is 0 Å². The summed E-state index contributed by atoms with van der Waals surface area (Å²) >= 11 is 0. The summed E-state index contributed by atoms with van der Waals surface area (Å²) < 4.78 is 10.7. The molecular weight excluding hydrogens is 206 g/mol. The number of hydrogen-bond donors (Lipinski definition) is 1. The van der Waals surface area contributed by atoms with Crippen LogP contribution >= 0.6 is 0 Å². The number of hydrogen-bond acceptors (Lipinski definition) is 5. The summed E-state index contributed by atoms with van der Waals surface area (Å²) in [6.45, 7) is 0. The third-order valence-electron chi connectivity index (χ3n) is 3.82. The molecule has 2 saturated carbocycles. The minimum absolute atomic E-state index is 0.0877. The van der Waals surface area contributed by atoms with Gasteiger partial charge in [0.1, 0.15) is 5.60 Å². The van der Waals surface area contributed by atoms with Crippen LogP contribution in [0.2, 0.25) is 0 Å². The number of aromatic nitrogens is 2. The monoisotopic (exact) mass is 223 g/mol. The van der Waals surface area contributed by atoms with Crippen molar-refractivity contribution in [2.75, 3.05) is 7.11 Å². The Bertz CT molecular complexity index is 377. The van der Waals surface area contributed by atoms with Gasteiger partial charge in [-0.25, -0.2) is 0 Å². The fourth-order valence-corrected chi connectivity index (χ4v) is 2.23. The lowest BCUT2D eigenvalue weighted by Gasteiger charge is -2.37. The zero-order valence-electron chi connectivity index (χ0n) is 9.48. The van der Waals surface area contributed by atoms with E-state index in [1.165, 1.54) is 12.8 Å². The number of rotatable bonds is 4. The topological polar surface area (TPSA) is 74.2 Å². The average Bonchev–Trinajstić information content (AvgIpc) is 2.96. The highest BCUT2D eigenvalue weighted by Gasteiger charge is 2.44. The van der Waals surface area contributed by atoms with E-state index in [1.54, 1.807) is 7.11 Å². The SMILES string of the molecule is COC1(c2noc(C(N)C3CC3)n2)CCC1. The summed E-state index contributed by atoms with van der Waals surface area (Å²) in [5.74, 6) is 1.78. The highest BCUT2D eigenvalue weighted by Crippen LogP contribution is 2.44. The van der Waals surface area contributed by atoms with Gasteiger partial charge in [0.25, 0.3) is 0 Å². The van der Waals surface area contributed by atoms with Gasteiger partial charge >= 0.3 is 0 Å². The Morgan fingerprint density at radius 1 is 1.50 bits per heavy atom. The molecule has 1 heterocycles. The summed E-state index contributed by atoms with van der Waals surface area (Å²) in [5, 5.41) is 4.02. The van der Waals surface area contributed by atoms with Gasteiger partial charge in [-0.15, -0.1) is 0 Å². The van der Waals surface area contributed by atoms with Crippen LogP contribution in [0.1, 0.15) is 49.9 Å². The van der Waals surface area contributed by atoms with Crippen LogP contribution in [0.5, 0.6) is 0 Å². The first kappa shape index (κ1) is 10.2. The lowest BCUT2D eigenvalue weighted by molar-refractivity contribution is -0.0858. The van der Waals surface area contributed by atoms with Crippen molar-refractivity contribution in [3.63, 3.8) is 0 Å². The van der Waals surface area contributed by atoms with E-state index in [-0.39, 0.29) is 11.6 Å². The van der Waals surface area contributed by atoms with Crippen LogP contribution in [0.4, 0.5) is 0 Å². The Morgan fingerprint density at radius 2 is 2.25 bits per heavy atom.